The van der Waals surface area contributed by atoms with E-state index in [0.29, 0.717) is 26.2 Å². The zero-order chi connectivity index (χ0) is 19.6. The van der Waals surface area contributed by atoms with Gasteiger partial charge in [0, 0.05) is 6.54 Å². The molecule has 1 aromatic rings. The molecule has 0 aliphatic carbocycles. The Morgan fingerprint density at radius 1 is 1.33 bits per heavy atom. The van der Waals surface area contributed by atoms with Gasteiger partial charge in [-0.1, -0.05) is 6.07 Å². The van der Waals surface area contributed by atoms with Crippen molar-refractivity contribution < 1.29 is 39.3 Å². The molecule has 5 N–H and O–H groups in total. The SMILES string of the molecule is O=C(O)c1c(OC2CN(C(=O)[C@H]3NCCO3)C2)ccc(CCB(O)O)c1O. The fourth-order valence-corrected chi connectivity index (χ4v) is 3.03. The van der Waals surface area contributed by atoms with E-state index < -0.39 is 31.2 Å². The van der Waals surface area contributed by atoms with Gasteiger partial charge in [0.15, 0.2) is 6.23 Å². The third kappa shape index (κ3) is 4.33. The van der Waals surface area contributed by atoms with Crippen LogP contribution in [0.1, 0.15) is 15.9 Å². The molecule has 0 unspecified atom stereocenters. The molecule has 10 nitrogen and oxygen atoms in total. The summed E-state index contributed by atoms with van der Waals surface area (Å²) in [5, 5.41) is 40.4. The first kappa shape index (κ1) is 19.4. The second-order valence-electron chi connectivity index (χ2n) is 6.46. The number of phenols is 1. The number of hydrogen-bond donors (Lipinski definition) is 5. The van der Waals surface area contributed by atoms with Gasteiger partial charge in [0.1, 0.15) is 23.2 Å². The average molecular weight is 380 g/mol. The zero-order valence-electron chi connectivity index (χ0n) is 14.5. The predicted molar refractivity (Wildman–Crippen MR) is 92.5 cm³/mol. The van der Waals surface area contributed by atoms with Crippen molar-refractivity contribution in [3.63, 3.8) is 0 Å². The molecule has 0 bridgehead atoms. The molecule has 1 amide bonds. The molecule has 27 heavy (non-hydrogen) atoms. The minimum Gasteiger partial charge on any atom is -0.507 e. The third-order valence-corrected chi connectivity index (χ3v) is 4.50. The van der Waals surface area contributed by atoms with Crippen molar-refractivity contribution in [3.8, 4) is 11.5 Å². The summed E-state index contributed by atoms with van der Waals surface area (Å²) in [6.07, 6.45) is -0.975. The lowest BCUT2D eigenvalue weighted by molar-refractivity contribution is -0.151. The van der Waals surface area contributed by atoms with Crippen LogP contribution in [0.3, 0.4) is 0 Å². The molecule has 2 fully saturated rings. The molecule has 0 radical (unpaired) electrons. The Hall–Kier alpha value is -2.34. The number of carboxylic acids is 1. The largest absolute Gasteiger partial charge is 0.507 e. The van der Waals surface area contributed by atoms with Crippen LogP contribution in [0.2, 0.25) is 6.32 Å². The van der Waals surface area contributed by atoms with Crippen molar-refractivity contribution in [2.75, 3.05) is 26.2 Å². The third-order valence-electron chi connectivity index (χ3n) is 4.50. The highest BCUT2D eigenvalue weighted by Gasteiger charge is 2.38. The van der Waals surface area contributed by atoms with E-state index in [0.717, 1.165) is 0 Å². The molecule has 0 saturated carbocycles. The number of hydrogen-bond acceptors (Lipinski definition) is 8. The molecule has 3 rings (SSSR count). The molecule has 1 aromatic carbocycles. The van der Waals surface area contributed by atoms with Gasteiger partial charge in [-0.25, -0.2) is 4.79 Å². The van der Waals surface area contributed by atoms with Crippen molar-refractivity contribution in [2.45, 2.75) is 25.1 Å². The van der Waals surface area contributed by atoms with E-state index in [1.165, 1.54) is 12.1 Å². The summed E-state index contributed by atoms with van der Waals surface area (Å²) in [5.74, 6) is -2.01. The monoisotopic (exact) mass is 380 g/mol. The summed E-state index contributed by atoms with van der Waals surface area (Å²) >= 11 is 0. The number of aromatic hydroxyl groups is 1. The summed E-state index contributed by atoms with van der Waals surface area (Å²) in [6, 6.07) is 2.91. The highest BCUT2D eigenvalue weighted by molar-refractivity contribution is 6.41. The second-order valence-corrected chi connectivity index (χ2v) is 6.46. The molecule has 2 heterocycles. The molecule has 146 valence electrons. The molecular weight excluding hydrogens is 359 g/mol. The molecule has 2 aliphatic rings. The van der Waals surface area contributed by atoms with Crippen molar-refractivity contribution in [1.82, 2.24) is 10.2 Å². The molecule has 0 aromatic heterocycles. The molecule has 1 atom stereocenters. The van der Waals surface area contributed by atoms with Crippen LogP contribution in [0.4, 0.5) is 0 Å². The van der Waals surface area contributed by atoms with Crippen LogP contribution in [-0.4, -0.2) is 82.7 Å². The van der Waals surface area contributed by atoms with Crippen LogP contribution in [0.25, 0.3) is 0 Å². The highest BCUT2D eigenvalue weighted by atomic mass is 16.5. The Morgan fingerprint density at radius 2 is 2.07 bits per heavy atom. The lowest BCUT2D eigenvalue weighted by Crippen LogP contribution is -2.60. The van der Waals surface area contributed by atoms with E-state index in [2.05, 4.69) is 5.32 Å². The van der Waals surface area contributed by atoms with Crippen molar-refractivity contribution >= 4 is 19.0 Å². The van der Waals surface area contributed by atoms with Gasteiger partial charge in [-0.05, 0) is 24.4 Å². The minimum absolute atomic E-state index is 0.000590. The Bertz CT molecular complexity index is 717. The first-order valence-corrected chi connectivity index (χ1v) is 8.61. The number of aromatic carboxylic acids is 1. The number of nitrogens with one attached hydrogen (secondary N) is 1. The first-order chi connectivity index (χ1) is 12.9. The fraction of sp³-hybridized carbons (Fsp3) is 0.500. The van der Waals surface area contributed by atoms with Gasteiger partial charge >= 0.3 is 13.1 Å². The number of carbonyl (C=O) groups is 2. The van der Waals surface area contributed by atoms with Gasteiger partial charge in [-0.15, -0.1) is 0 Å². The summed E-state index contributed by atoms with van der Waals surface area (Å²) in [4.78, 5) is 25.2. The molecule has 0 spiro atoms. The van der Waals surface area contributed by atoms with E-state index >= 15 is 0 Å². The number of likely N-dealkylation sites (tertiary alicyclic amines) is 1. The van der Waals surface area contributed by atoms with Crippen LogP contribution >= 0.6 is 0 Å². The highest BCUT2D eigenvalue weighted by Crippen LogP contribution is 2.34. The lowest BCUT2D eigenvalue weighted by atomic mass is 9.82. The summed E-state index contributed by atoms with van der Waals surface area (Å²) < 4.78 is 10.9. The normalized spacial score (nSPS) is 19.6. The maximum atomic E-state index is 12.1. The van der Waals surface area contributed by atoms with Crippen LogP contribution in [0.15, 0.2) is 12.1 Å². The number of amides is 1. The van der Waals surface area contributed by atoms with Crippen LogP contribution in [-0.2, 0) is 16.0 Å². The Kier molecular flexibility index (Phi) is 5.85. The number of carboxylic acid groups (broad SMARTS) is 1. The summed E-state index contributed by atoms with van der Waals surface area (Å²) in [6.45, 7) is 1.67. The summed E-state index contributed by atoms with van der Waals surface area (Å²) in [5.41, 5.74) is -0.104. The predicted octanol–water partition coefficient (Wildman–Crippen LogP) is -1.36. The van der Waals surface area contributed by atoms with Crippen LogP contribution in [0, 0.1) is 0 Å². The van der Waals surface area contributed by atoms with Crippen molar-refractivity contribution in [1.29, 1.82) is 0 Å². The standard InChI is InChI=1S/C16H21BN2O8/c20-13-9(3-4-17(24)25)1-2-11(12(13)16(22)23)27-10-7-19(8-10)15(21)14-18-5-6-26-14/h1-2,10,14,18,20,24-25H,3-8H2,(H,22,23)/t14-/m0/s1. The van der Waals surface area contributed by atoms with Gasteiger partial charge in [-0.2, -0.15) is 0 Å². The Labute approximate surface area is 155 Å². The van der Waals surface area contributed by atoms with Gasteiger partial charge in [0.2, 0.25) is 0 Å². The van der Waals surface area contributed by atoms with Crippen molar-refractivity contribution in [2.24, 2.45) is 0 Å². The number of ether oxygens (including phenoxy) is 2. The van der Waals surface area contributed by atoms with E-state index in [1.54, 1.807) is 4.90 Å². The van der Waals surface area contributed by atoms with E-state index in [-0.39, 0.29) is 35.5 Å². The fourth-order valence-electron chi connectivity index (χ4n) is 3.03. The first-order valence-electron chi connectivity index (χ1n) is 8.61. The topological polar surface area (TPSA) is 149 Å². The van der Waals surface area contributed by atoms with Crippen LogP contribution in [0.5, 0.6) is 11.5 Å². The van der Waals surface area contributed by atoms with E-state index in [4.69, 9.17) is 19.5 Å². The maximum Gasteiger partial charge on any atom is 0.451 e. The molecule has 2 saturated heterocycles. The number of rotatable bonds is 7. The minimum atomic E-state index is -1.55. The Morgan fingerprint density at radius 3 is 2.67 bits per heavy atom. The van der Waals surface area contributed by atoms with Gasteiger partial charge in [0.05, 0.1) is 19.7 Å². The number of nitrogens with zero attached hydrogens (tertiary/aromatic N) is 1. The maximum absolute atomic E-state index is 12.1. The average Bonchev–Trinajstić information content (AvgIpc) is 3.10. The van der Waals surface area contributed by atoms with Crippen LogP contribution < -0.4 is 10.1 Å². The number of aryl methyl sites for hydroxylation is 1. The van der Waals surface area contributed by atoms with E-state index in [9.17, 15) is 19.8 Å². The number of benzene rings is 1. The summed E-state index contributed by atoms with van der Waals surface area (Å²) in [7, 11) is -1.55. The second kappa shape index (κ2) is 8.13. The quantitative estimate of drug-likeness (QED) is 0.362. The van der Waals surface area contributed by atoms with Gasteiger partial charge < -0.3 is 34.6 Å². The molecule has 2 aliphatic heterocycles. The van der Waals surface area contributed by atoms with Crippen molar-refractivity contribution in [3.05, 3.63) is 23.3 Å². The Balaban J connectivity index is 1.64. The smallest absolute Gasteiger partial charge is 0.451 e. The lowest BCUT2D eigenvalue weighted by Gasteiger charge is -2.40. The van der Waals surface area contributed by atoms with Gasteiger partial charge in [-0.3, -0.25) is 10.1 Å². The number of carbonyl (C=O) groups excluding carboxylic acids is 1. The van der Waals surface area contributed by atoms with Gasteiger partial charge in [0.25, 0.3) is 5.91 Å². The van der Waals surface area contributed by atoms with E-state index in [1.807, 2.05) is 0 Å². The molecular formula is C16H21BN2O8. The zero-order valence-corrected chi connectivity index (χ0v) is 14.5. The molecule has 11 heteroatoms.